The number of carbonyl (C=O) groups is 3. The maximum absolute atomic E-state index is 13.0. The smallest absolute Gasteiger partial charge is 0.341 e. The number of amides is 1. The van der Waals surface area contributed by atoms with E-state index in [0.717, 1.165) is 23.3 Å². The first-order valence-electron chi connectivity index (χ1n) is 9.93. The summed E-state index contributed by atoms with van der Waals surface area (Å²) in [6.07, 6.45) is 2.61. The van der Waals surface area contributed by atoms with Gasteiger partial charge in [0.2, 0.25) is 5.91 Å². The molecule has 6 nitrogen and oxygen atoms in total. The number of anilines is 1. The summed E-state index contributed by atoms with van der Waals surface area (Å²) in [5.41, 5.74) is 1.69. The van der Waals surface area contributed by atoms with Gasteiger partial charge in [-0.05, 0) is 44.4 Å². The Morgan fingerprint density at radius 3 is 2.57 bits per heavy atom. The number of aliphatic carboxylic acids is 1. The van der Waals surface area contributed by atoms with E-state index in [9.17, 15) is 19.5 Å². The number of carboxylic acids is 1. The third kappa shape index (κ3) is 4.68. The lowest BCUT2D eigenvalue weighted by atomic mass is 9.78. The van der Waals surface area contributed by atoms with Crippen molar-refractivity contribution in [2.75, 3.05) is 11.9 Å². The lowest BCUT2D eigenvalue weighted by Gasteiger charge is -2.27. The van der Waals surface area contributed by atoms with Crippen LogP contribution in [0.3, 0.4) is 0 Å². The number of esters is 1. The first-order chi connectivity index (χ1) is 14.3. The predicted molar refractivity (Wildman–Crippen MR) is 117 cm³/mol. The van der Waals surface area contributed by atoms with Gasteiger partial charge < -0.3 is 15.2 Å². The summed E-state index contributed by atoms with van der Waals surface area (Å²) in [6.45, 7) is 3.77. The second-order valence-corrected chi connectivity index (χ2v) is 8.95. The van der Waals surface area contributed by atoms with Crippen molar-refractivity contribution < 1.29 is 24.2 Å². The first kappa shape index (κ1) is 22.3. The molecule has 160 valence electrons. The van der Waals surface area contributed by atoms with Crippen molar-refractivity contribution in [2.45, 2.75) is 39.5 Å². The Labute approximate surface area is 184 Å². The molecular formula is C22H24ClNO5S. The van der Waals surface area contributed by atoms with E-state index in [2.05, 4.69) is 5.32 Å². The number of rotatable bonds is 6. The Bertz CT molecular complexity index is 970. The Morgan fingerprint density at radius 2 is 1.93 bits per heavy atom. The molecule has 1 aliphatic carbocycles. The van der Waals surface area contributed by atoms with E-state index in [1.165, 1.54) is 11.3 Å². The Morgan fingerprint density at radius 1 is 1.23 bits per heavy atom. The zero-order chi connectivity index (χ0) is 21.8. The van der Waals surface area contributed by atoms with Gasteiger partial charge >= 0.3 is 11.9 Å². The van der Waals surface area contributed by atoms with Gasteiger partial charge in [-0.25, -0.2) is 4.79 Å². The highest BCUT2D eigenvalue weighted by Crippen LogP contribution is 2.42. The van der Waals surface area contributed by atoms with Gasteiger partial charge in [0.25, 0.3) is 0 Å². The molecule has 1 aromatic heterocycles. The normalized spacial score (nSPS) is 18.6. The maximum atomic E-state index is 13.0. The van der Waals surface area contributed by atoms with Crippen LogP contribution in [0.25, 0.3) is 11.1 Å². The fourth-order valence-electron chi connectivity index (χ4n) is 3.97. The maximum Gasteiger partial charge on any atom is 0.341 e. The molecule has 1 fully saturated rings. The molecular weight excluding hydrogens is 426 g/mol. The summed E-state index contributed by atoms with van der Waals surface area (Å²) in [5, 5.41) is 13.2. The average molecular weight is 450 g/mol. The van der Waals surface area contributed by atoms with Crippen LogP contribution in [0, 0.1) is 18.8 Å². The minimum Gasteiger partial charge on any atom is -0.481 e. The van der Waals surface area contributed by atoms with Crippen molar-refractivity contribution in [3.8, 4) is 11.1 Å². The largest absolute Gasteiger partial charge is 0.481 e. The minimum atomic E-state index is -0.956. The number of thiophene rings is 1. The molecule has 0 bridgehead atoms. The molecule has 30 heavy (non-hydrogen) atoms. The summed E-state index contributed by atoms with van der Waals surface area (Å²) in [4.78, 5) is 38.2. The summed E-state index contributed by atoms with van der Waals surface area (Å²) >= 11 is 7.41. The number of benzene rings is 1. The van der Waals surface area contributed by atoms with E-state index in [-0.39, 0.29) is 18.1 Å². The van der Waals surface area contributed by atoms with Crippen LogP contribution in [0.5, 0.6) is 0 Å². The highest BCUT2D eigenvalue weighted by Gasteiger charge is 2.37. The second-order valence-electron chi connectivity index (χ2n) is 7.29. The summed E-state index contributed by atoms with van der Waals surface area (Å²) < 4.78 is 5.25. The zero-order valence-corrected chi connectivity index (χ0v) is 18.4. The zero-order valence-electron chi connectivity index (χ0n) is 16.9. The second kappa shape index (κ2) is 9.62. The van der Waals surface area contributed by atoms with Crippen LogP contribution < -0.4 is 5.32 Å². The standard InChI is InChI=1S/C22H24ClNO5S/c1-3-29-22(28)18-17(13-7-6-8-14(23)11-13)12(2)30-20(18)24-19(25)15-9-4-5-10-16(15)21(26)27/h6-8,11,15-16H,3-5,9-10H2,1-2H3,(H,24,25)(H,26,27). The van der Waals surface area contributed by atoms with E-state index >= 15 is 0 Å². The fraction of sp³-hybridized carbons (Fsp3) is 0.409. The number of aryl methyl sites for hydroxylation is 1. The molecule has 3 rings (SSSR count). The highest BCUT2D eigenvalue weighted by molar-refractivity contribution is 7.17. The van der Waals surface area contributed by atoms with E-state index < -0.39 is 23.8 Å². The Balaban J connectivity index is 2.00. The molecule has 1 amide bonds. The molecule has 0 aliphatic heterocycles. The third-order valence-corrected chi connectivity index (χ3v) is 6.59. The molecule has 0 radical (unpaired) electrons. The van der Waals surface area contributed by atoms with Gasteiger partial charge in [0.15, 0.2) is 0 Å². The molecule has 2 aromatic rings. The van der Waals surface area contributed by atoms with Crippen LogP contribution in [-0.2, 0) is 14.3 Å². The van der Waals surface area contributed by atoms with Crippen LogP contribution >= 0.6 is 22.9 Å². The summed E-state index contributed by atoms with van der Waals surface area (Å²) in [5.74, 6) is -3.19. The molecule has 1 heterocycles. The molecule has 1 aromatic carbocycles. The predicted octanol–water partition coefficient (Wildman–Crippen LogP) is 5.38. The van der Waals surface area contributed by atoms with Gasteiger partial charge in [-0.15, -0.1) is 11.3 Å². The number of hydrogen-bond donors (Lipinski definition) is 2. The molecule has 2 atom stereocenters. The molecule has 2 N–H and O–H groups in total. The van der Waals surface area contributed by atoms with Gasteiger partial charge in [-0.1, -0.05) is 36.6 Å². The van der Waals surface area contributed by atoms with Crippen LogP contribution in [0.2, 0.25) is 5.02 Å². The number of hydrogen-bond acceptors (Lipinski definition) is 5. The molecule has 8 heteroatoms. The van der Waals surface area contributed by atoms with Gasteiger partial charge in [0, 0.05) is 15.5 Å². The Kier molecular flexibility index (Phi) is 7.15. The van der Waals surface area contributed by atoms with Gasteiger partial charge in [0.05, 0.1) is 18.4 Å². The van der Waals surface area contributed by atoms with E-state index in [1.807, 2.05) is 13.0 Å². The van der Waals surface area contributed by atoms with Gasteiger partial charge in [0.1, 0.15) is 10.6 Å². The topological polar surface area (TPSA) is 92.7 Å². The fourth-order valence-corrected chi connectivity index (χ4v) is 5.22. The SMILES string of the molecule is CCOC(=O)c1c(NC(=O)C2CCCCC2C(=O)O)sc(C)c1-c1cccc(Cl)c1. The Hall–Kier alpha value is -2.38. The molecule has 2 unspecified atom stereocenters. The van der Waals surface area contributed by atoms with Crippen LogP contribution in [0.1, 0.15) is 47.8 Å². The summed E-state index contributed by atoms with van der Waals surface area (Å²) in [6, 6.07) is 7.14. The lowest BCUT2D eigenvalue weighted by Crippen LogP contribution is -2.36. The van der Waals surface area contributed by atoms with Gasteiger partial charge in [-0.3, -0.25) is 9.59 Å². The van der Waals surface area contributed by atoms with Gasteiger partial charge in [-0.2, -0.15) is 0 Å². The number of ether oxygens (including phenoxy) is 1. The molecule has 0 spiro atoms. The molecule has 1 aliphatic rings. The van der Waals surface area contributed by atoms with Crippen molar-refractivity contribution >= 4 is 45.8 Å². The van der Waals surface area contributed by atoms with E-state index in [0.29, 0.717) is 28.4 Å². The van der Waals surface area contributed by atoms with Crippen molar-refractivity contribution in [1.29, 1.82) is 0 Å². The van der Waals surface area contributed by atoms with E-state index in [1.54, 1.807) is 25.1 Å². The van der Waals surface area contributed by atoms with E-state index in [4.69, 9.17) is 16.3 Å². The monoisotopic (exact) mass is 449 g/mol. The number of carboxylic acid groups (broad SMARTS) is 1. The van der Waals surface area contributed by atoms with Crippen molar-refractivity contribution in [3.05, 3.63) is 39.7 Å². The lowest BCUT2D eigenvalue weighted by molar-refractivity contribution is -0.147. The van der Waals surface area contributed by atoms with Crippen molar-refractivity contribution in [2.24, 2.45) is 11.8 Å². The molecule has 1 saturated carbocycles. The number of nitrogens with one attached hydrogen (secondary N) is 1. The third-order valence-electron chi connectivity index (χ3n) is 5.33. The van der Waals surface area contributed by atoms with Crippen LogP contribution in [0.15, 0.2) is 24.3 Å². The first-order valence-corrected chi connectivity index (χ1v) is 11.1. The van der Waals surface area contributed by atoms with Crippen LogP contribution in [0.4, 0.5) is 5.00 Å². The quantitative estimate of drug-likeness (QED) is 0.577. The van der Waals surface area contributed by atoms with Crippen LogP contribution in [-0.4, -0.2) is 29.6 Å². The number of carbonyl (C=O) groups excluding carboxylic acids is 2. The number of halogens is 1. The average Bonchev–Trinajstić information content (AvgIpc) is 3.03. The van der Waals surface area contributed by atoms with Crippen molar-refractivity contribution in [1.82, 2.24) is 0 Å². The highest BCUT2D eigenvalue weighted by atomic mass is 35.5. The molecule has 0 saturated heterocycles. The minimum absolute atomic E-state index is 0.194. The van der Waals surface area contributed by atoms with Crippen molar-refractivity contribution in [3.63, 3.8) is 0 Å². The summed E-state index contributed by atoms with van der Waals surface area (Å²) in [7, 11) is 0.